The number of nitrogens with zero attached hydrogens (tertiary/aromatic N) is 1. The fraction of sp³-hybridized carbons (Fsp3) is 0.222. The minimum Gasteiger partial charge on any atom is -0.481 e. The maximum atomic E-state index is 12.3. The summed E-state index contributed by atoms with van der Waals surface area (Å²) in [6.45, 7) is 0. The minimum atomic E-state index is -0.979. The van der Waals surface area contributed by atoms with Gasteiger partial charge >= 0.3 is 5.97 Å². The molecule has 0 aliphatic carbocycles. The Bertz CT molecular complexity index is 712. The molecule has 5 nitrogen and oxygen atoms in total. The molecule has 1 amide bonds. The molecule has 0 radical (unpaired) electrons. The van der Waals surface area contributed by atoms with E-state index in [2.05, 4.69) is 5.32 Å². The third-order valence-electron chi connectivity index (χ3n) is 3.60. The van der Waals surface area contributed by atoms with Crippen LogP contribution in [-0.4, -0.2) is 31.1 Å². The smallest absolute Gasteiger partial charge is 0.305 e. The normalized spacial score (nSPS) is 11.6. The van der Waals surface area contributed by atoms with E-state index >= 15 is 0 Å². The SMILES string of the molecule is CN(C)c1ccc([C@H](CC(=O)O)NC(=O)c2ccc(Cl)cc2)cc1. The van der Waals surface area contributed by atoms with Crippen LogP contribution >= 0.6 is 11.6 Å². The zero-order valence-corrected chi connectivity index (χ0v) is 14.2. The van der Waals surface area contributed by atoms with Crippen LogP contribution in [0.25, 0.3) is 0 Å². The van der Waals surface area contributed by atoms with Gasteiger partial charge in [-0.15, -0.1) is 0 Å². The van der Waals surface area contributed by atoms with Crippen molar-refractivity contribution in [3.05, 3.63) is 64.7 Å². The van der Waals surface area contributed by atoms with E-state index in [1.807, 2.05) is 43.3 Å². The number of aliphatic carboxylic acids is 1. The standard InChI is InChI=1S/C18H19ClN2O3/c1-21(2)15-9-5-12(6-10-15)16(11-17(22)23)20-18(24)13-3-7-14(19)8-4-13/h3-10,16H,11H2,1-2H3,(H,20,24)(H,22,23)/t16-/m0/s1. The van der Waals surface area contributed by atoms with Crippen LogP contribution in [0, 0.1) is 0 Å². The molecular formula is C18H19ClN2O3. The first-order valence-corrected chi connectivity index (χ1v) is 7.80. The highest BCUT2D eigenvalue weighted by Gasteiger charge is 2.19. The summed E-state index contributed by atoms with van der Waals surface area (Å²) in [6, 6.07) is 13.3. The molecule has 2 rings (SSSR count). The Kier molecular flexibility index (Phi) is 5.82. The van der Waals surface area contributed by atoms with Crippen molar-refractivity contribution in [2.75, 3.05) is 19.0 Å². The maximum absolute atomic E-state index is 12.3. The van der Waals surface area contributed by atoms with E-state index in [1.165, 1.54) is 0 Å². The summed E-state index contributed by atoms with van der Waals surface area (Å²) >= 11 is 5.81. The molecule has 2 aromatic rings. The Hall–Kier alpha value is -2.53. The fourth-order valence-corrected chi connectivity index (χ4v) is 2.40. The van der Waals surface area contributed by atoms with Gasteiger partial charge < -0.3 is 15.3 Å². The van der Waals surface area contributed by atoms with Gasteiger partial charge in [0.1, 0.15) is 0 Å². The second-order valence-electron chi connectivity index (χ2n) is 5.62. The topological polar surface area (TPSA) is 69.6 Å². The van der Waals surface area contributed by atoms with Crippen LogP contribution in [-0.2, 0) is 4.79 Å². The molecule has 0 unspecified atom stereocenters. The van der Waals surface area contributed by atoms with E-state index in [9.17, 15) is 9.59 Å². The molecule has 0 fully saturated rings. The Morgan fingerprint density at radius 3 is 2.17 bits per heavy atom. The molecule has 126 valence electrons. The lowest BCUT2D eigenvalue weighted by Crippen LogP contribution is -2.30. The number of benzene rings is 2. The van der Waals surface area contributed by atoms with Crippen molar-refractivity contribution in [1.82, 2.24) is 5.32 Å². The average molecular weight is 347 g/mol. The lowest BCUT2D eigenvalue weighted by molar-refractivity contribution is -0.137. The van der Waals surface area contributed by atoms with E-state index in [0.29, 0.717) is 10.6 Å². The molecule has 0 saturated heterocycles. The lowest BCUT2D eigenvalue weighted by atomic mass is 10.0. The van der Waals surface area contributed by atoms with Crippen LogP contribution in [0.2, 0.25) is 5.02 Å². The molecule has 0 bridgehead atoms. The van der Waals surface area contributed by atoms with E-state index in [4.69, 9.17) is 16.7 Å². The summed E-state index contributed by atoms with van der Waals surface area (Å²) in [5.74, 6) is -1.32. The van der Waals surface area contributed by atoms with Crippen molar-refractivity contribution < 1.29 is 14.7 Å². The van der Waals surface area contributed by atoms with Gasteiger partial charge in [-0.05, 0) is 42.0 Å². The predicted molar refractivity (Wildman–Crippen MR) is 94.7 cm³/mol. The van der Waals surface area contributed by atoms with Gasteiger partial charge in [-0.25, -0.2) is 0 Å². The van der Waals surface area contributed by atoms with Gasteiger partial charge in [0.15, 0.2) is 0 Å². The molecule has 1 atom stereocenters. The first-order chi connectivity index (χ1) is 11.4. The van der Waals surface area contributed by atoms with E-state index in [-0.39, 0.29) is 12.3 Å². The highest BCUT2D eigenvalue weighted by atomic mass is 35.5. The number of carboxylic acids is 1. The first-order valence-electron chi connectivity index (χ1n) is 7.42. The molecular weight excluding hydrogens is 328 g/mol. The van der Waals surface area contributed by atoms with Crippen LogP contribution in [0.4, 0.5) is 5.69 Å². The van der Waals surface area contributed by atoms with Crippen LogP contribution in [0.3, 0.4) is 0 Å². The molecule has 0 saturated carbocycles. The summed E-state index contributed by atoms with van der Waals surface area (Å²) in [7, 11) is 3.85. The van der Waals surface area contributed by atoms with Gasteiger partial charge in [0.05, 0.1) is 12.5 Å². The van der Waals surface area contributed by atoms with Gasteiger partial charge in [-0.2, -0.15) is 0 Å². The predicted octanol–water partition coefficient (Wildman–Crippen LogP) is 3.35. The molecule has 2 aromatic carbocycles. The molecule has 0 aliphatic heterocycles. The van der Waals surface area contributed by atoms with Crippen molar-refractivity contribution in [2.24, 2.45) is 0 Å². The second-order valence-corrected chi connectivity index (χ2v) is 6.05. The molecule has 0 aliphatic rings. The number of rotatable bonds is 6. The summed E-state index contributed by atoms with van der Waals surface area (Å²) in [5.41, 5.74) is 2.17. The van der Waals surface area contributed by atoms with Crippen LogP contribution < -0.4 is 10.2 Å². The first kappa shape index (κ1) is 17.8. The van der Waals surface area contributed by atoms with Crippen molar-refractivity contribution in [1.29, 1.82) is 0 Å². The third-order valence-corrected chi connectivity index (χ3v) is 3.85. The summed E-state index contributed by atoms with van der Waals surface area (Å²) in [6.07, 6.45) is -0.194. The number of amides is 1. The molecule has 0 heterocycles. The number of hydrogen-bond donors (Lipinski definition) is 2. The molecule has 0 aromatic heterocycles. The van der Waals surface area contributed by atoms with Gasteiger partial charge in [0.25, 0.3) is 5.91 Å². The van der Waals surface area contributed by atoms with Crippen LogP contribution in [0.5, 0.6) is 0 Å². The number of anilines is 1. The van der Waals surface area contributed by atoms with Crippen molar-refractivity contribution in [3.8, 4) is 0 Å². The Balaban J connectivity index is 2.20. The summed E-state index contributed by atoms with van der Waals surface area (Å²) < 4.78 is 0. The highest BCUT2D eigenvalue weighted by molar-refractivity contribution is 6.30. The largest absolute Gasteiger partial charge is 0.481 e. The number of carbonyl (C=O) groups is 2. The zero-order valence-electron chi connectivity index (χ0n) is 13.5. The third kappa shape index (κ3) is 4.73. The number of nitrogens with one attached hydrogen (secondary N) is 1. The zero-order chi connectivity index (χ0) is 17.7. The Morgan fingerprint density at radius 2 is 1.67 bits per heavy atom. The van der Waals surface area contributed by atoms with E-state index in [1.54, 1.807) is 24.3 Å². The van der Waals surface area contributed by atoms with Crippen molar-refractivity contribution in [2.45, 2.75) is 12.5 Å². The van der Waals surface area contributed by atoms with Gasteiger partial charge in [0, 0.05) is 30.4 Å². The average Bonchev–Trinajstić information content (AvgIpc) is 2.54. The quantitative estimate of drug-likeness (QED) is 0.841. The lowest BCUT2D eigenvalue weighted by Gasteiger charge is -2.19. The van der Waals surface area contributed by atoms with Gasteiger partial charge in [-0.3, -0.25) is 9.59 Å². The van der Waals surface area contributed by atoms with E-state index in [0.717, 1.165) is 11.3 Å². The van der Waals surface area contributed by atoms with Gasteiger partial charge in [-0.1, -0.05) is 23.7 Å². The Morgan fingerprint density at radius 1 is 1.08 bits per heavy atom. The fourth-order valence-electron chi connectivity index (χ4n) is 2.27. The monoisotopic (exact) mass is 346 g/mol. The highest BCUT2D eigenvalue weighted by Crippen LogP contribution is 2.21. The number of halogens is 1. The second kappa shape index (κ2) is 7.84. The molecule has 2 N–H and O–H groups in total. The number of carbonyl (C=O) groups excluding carboxylic acids is 1. The molecule has 24 heavy (non-hydrogen) atoms. The molecule has 0 spiro atoms. The van der Waals surface area contributed by atoms with E-state index < -0.39 is 12.0 Å². The summed E-state index contributed by atoms with van der Waals surface area (Å²) in [5, 5.41) is 12.4. The van der Waals surface area contributed by atoms with Crippen molar-refractivity contribution in [3.63, 3.8) is 0 Å². The Labute approximate surface area is 145 Å². The maximum Gasteiger partial charge on any atom is 0.305 e. The van der Waals surface area contributed by atoms with Crippen LogP contribution in [0.1, 0.15) is 28.4 Å². The summed E-state index contributed by atoms with van der Waals surface area (Å²) in [4.78, 5) is 25.4. The number of carboxylic acid groups (broad SMARTS) is 1. The minimum absolute atomic E-state index is 0.194. The van der Waals surface area contributed by atoms with Gasteiger partial charge in [0.2, 0.25) is 0 Å². The molecule has 6 heteroatoms. The number of hydrogen-bond acceptors (Lipinski definition) is 3. The van der Waals surface area contributed by atoms with Crippen molar-refractivity contribution >= 4 is 29.2 Å². The van der Waals surface area contributed by atoms with Crippen LogP contribution in [0.15, 0.2) is 48.5 Å².